The van der Waals surface area contributed by atoms with Crippen LogP contribution in [0.15, 0.2) is 36.7 Å². The number of benzene rings is 1. The predicted molar refractivity (Wildman–Crippen MR) is 80.9 cm³/mol. The quantitative estimate of drug-likeness (QED) is 0.885. The number of anilines is 1. The Bertz CT molecular complexity index is 646. The summed E-state index contributed by atoms with van der Waals surface area (Å²) in [6.07, 6.45) is 2.97. The van der Waals surface area contributed by atoms with Crippen LogP contribution in [-0.2, 0) is 6.54 Å². The Labute approximate surface area is 127 Å². The lowest BCUT2D eigenvalue weighted by Crippen LogP contribution is -2.26. The van der Waals surface area contributed by atoms with Gasteiger partial charge in [-0.25, -0.2) is 0 Å². The summed E-state index contributed by atoms with van der Waals surface area (Å²) >= 11 is 12.1. The first-order valence-electron chi connectivity index (χ1n) is 5.88. The van der Waals surface area contributed by atoms with E-state index < -0.39 is 0 Å². The van der Waals surface area contributed by atoms with Crippen molar-refractivity contribution in [1.82, 2.24) is 9.88 Å². The molecule has 0 bridgehead atoms. The second kappa shape index (κ2) is 6.11. The molecule has 4 nitrogen and oxygen atoms in total. The molecule has 2 rings (SSSR count). The van der Waals surface area contributed by atoms with Crippen molar-refractivity contribution in [3.63, 3.8) is 0 Å². The van der Waals surface area contributed by atoms with Crippen LogP contribution in [0.5, 0.6) is 0 Å². The molecular formula is C14H13Cl2N3O. The normalized spacial score (nSPS) is 10.3. The Kier molecular flexibility index (Phi) is 4.47. The summed E-state index contributed by atoms with van der Waals surface area (Å²) in [4.78, 5) is 17.7. The molecule has 104 valence electrons. The first-order chi connectivity index (χ1) is 9.49. The molecule has 0 aliphatic rings. The topological polar surface area (TPSA) is 59.2 Å². The van der Waals surface area contributed by atoms with Crippen molar-refractivity contribution in [2.75, 3.05) is 12.8 Å². The van der Waals surface area contributed by atoms with Gasteiger partial charge in [0.25, 0.3) is 5.91 Å². The van der Waals surface area contributed by atoms with Crippen LogP contribution < -0.4 is 5.73 Å². The number of carbonyl (C=O) groups is 1. The van der Waals surface area contributed by atoms with Crippen molar-refractivity contribution in [3.8, 4) is 0 Å². The zero-order chi connectivity index (χ0) is 14.7. The number of nitrogens with zero attached hydrogens (tertiary/aromatic N) is 2. The van der Waals surface area contributed by atoms with Gasteiger partial charge in [0.2, 0.25) is 0 Å². The summed E-state index contributed by atoms with van der Waals surface area (Å²) in [7, 11) is 1.68. The first-order valence-corrected chi connectivity index (χ1v) is 6.63. The fraction of sp³-hybridized carbons (Fsp3) is 0.143. The average molecular weight is 310 g/mol. The van der Waals surface area contributed by atoms with Crippen LogP contribution in [0.4, 0.5) is 5.69 Å². The number of hydrogen-bond acceptors (Lipinski definition) is 3. The second-order valence-corrected chi connectivity index (χ2v) is 5.18. The van der Waals surface area contributed by atoms with Crippen molar-refractivity contribution in [2.45, 2.75) is 6.54 Å². The van der Waals surface area contributed by atoms with Gasteiger partial charge in [0.15, 0.2) is 0 Å². The lowest BCUT2D eigenvalue weighted by atomic mass is 10.1. The maximum Gasteiger partial charge on any atom is 0.255 e. The summed E-state index contributed by atoms with van der Waals surface area (Å²) < 4.78 is 0. The van der Waals surface area contributed by atoms with Crippen molar-refractivity contribution in [3.05, 3.63) is 57.8 Å². The molecule has 0 saturated carbocycles. The van der Waals surface area contributed by atoms with E-state index in [9.17, 15) is 4.79 Å². The minimum Gasteiger partial charge on any atom is -0.399 e. The predicted octanol–water partition coefficient (Wildman–Crippen LogP) is 3.24. The van der Waals surface area contributed by atoms with Gasteiger partial charge in [-0.2, -0.15) is 0 Å². The standard InChI is InChI=1S/C14H13Cl2N3O/c1-19(8-9-6-10(17)2-3-12(9)15)14(20)11-4-5-18-7-13(11)16/h2-7H,8,17H2,1H3. The van der Waals surface area contributed by atoms with Gasteiger partial charge in [0.1, 0.15) is 0 Å². The van der Waals surface area contributed by atoms with Gasteiger partial charge >= 0.3 is 0 Å². The van der Waals surface area contributed by atoms with Crippen LogP contribution in [-0.4, -0.2) is 22.8 Å². The summed E-state index contributed by atoms with van der Waals surface area (Å²) in [6.45, 7) is 0.349. The first kappa shape index (κ1) is 14.6. The third-order valence-electron chi connectivity index (χ3n) is 2.83. The van der Waals surface area contributed by atoms with Crippen LogP contribution in [0.3, 0.4) is 0 Å². The molecule has 0 unspecified atom stereocenters. The molecule has 1 aromatic heterocycles. The number of nitrogens with two attached hydrogens (primary N) is 1. The molecule has 1 heterocycles. The van der Waals surface area contributed by atoms with Gasteiger partial charge < -0.3 is 10.6 Å². The molecule has 1 amide bonds. The van der Waals surface area contributed by atoms with Crippen molar-refractivity contribution < 1.29 is 4.79 Å². The van der Waals surface area contributed by atoms with Gasteiger partial charge in [0, 0.05) is 36.7 Å². The van der Waals surface area contributed by atoms with Gasteiger partial charge in [-0.1, -0.05) is 23.2 Å². The summed E-state index contributed by atoms with van der Waals surface area (Å²) in [6, 6.07) is 6.76. The Balaban J connectivity index is 2.20. The Morgan fingerprint density at radius 3 is 2.75 bits per heavy atom. The number of rotatable bonds is 3. The third kappa shape index (κ3) is 3.21. The lowest BCUT2D eigenvalue weighted by molar-refractivity contribution is 0.0785. The van der Waals surface area contributed by atoms with E-state index in [4.69, 9.17) is 28.9 Å². The maximum absolute atomic E-state index is 12.3. The molecule has 1 aromatic carbocycles. The Hall–Kier alpha value is -1.78. The van der Waals surface area contributed by atoms with E-state index in [2.05, 4.69) is 4.98 Å². The zero-order valence-corrected chi connectivity index (χ0v) is 12.3. The monoisotopic (exact) mass is 309 g/mol. The van der Waals surface area contributed by atoms with Crippen molar-refractivity contribution in [1.29, 1.82) is 0 Å². The highest BCUT2D eigenvalue weighted by atomic mass is 35.5. The van der Waals surface area contributed by atoms with E-state index >= 15 is 0 Å². The molecule has 0 aliphatic carbocycles. The van der Waals surface area contributed by atoms with E-state index in [1.165, 1.54) is 17.3 Å². The van der Waals surface area contributed by atoms with E-state index in [1.54, 1.807) is 31.3 Å². The molecule has 0 atom stereocenters. The third-order valence-corrected chi connectivity index (χ3v) is 3.50. The van der Waals surface area contributed by atoms with E-state index in [1.807, 2.05) is 0 Å². The molecule has 0 saturated heterocycles. The van der Waals surface area contributed by atoms with Crippen molar-refractivity contribution in [2.24, 2.45) is 0 Å². The fourth-order valence-corrected chi connectivity index (χ4v) is 2.17. The smallest absolute Gasteiger partial charge is 0.255 e. The number of nitrogen functional groups attached to an aromatic ring is 1. The van der Waals surface area contributed by atoms with Gasteiger partial charge in [0.05, 0.1) is 10.6 Å². The maximum atomic E-state index is 12.3. The second-order valence-electron chi connectivity index (χ2n) is 4.37. The number of carbonyl (C=O) groups excluding carboxylic acids is 1. The largest absolute Gasteiger partial charge is 0.399 e. The molecule has 0 spiro atoms. The number of pyridine rings is 1. The SMILES string of the molecule is CN(Cc1cc(N)ccc1Cl)C(=O)c1ccncc1Cl. The minimum absolute atomic E-state index is 0.198. The molecule has 2 aromatic rings. The molecule has 6 heteroatoms. The van der Waals surface area contributed by atoms with Crippen LogP contribution in [0, 0.1) is 0 Å². The number of amides is 1. The van der Waals surface area contributed by atoms with E-state index in [0.717, 1.165) is 5.56 Å². The Morgan fingerprint density at radius 2 is 2.05 bits per heavy atom. The molecule has 0 radical (unpaired) electrons. The molecule has 0 aliphatic heterocycles. The van der Waals surface area contributed by atoms with E-state index in [0.29, 0.717) is 27.8 Å². The van der Waals surface area contributed by atoms with Crippen LogP contribution >= 0.6 is 23.2 Å². The average Bonchev–Trinajstić information content (AvgIpc) is 2.42. The molecule has 0 fully saturated rings. The zero-order valence-electron chi connectivity index (χ0n) is 10.8. The van der Waals surface area contributed by atoms with Gasteiger partial charge in [-0.3, -0.25) is 9.78 Å². The molecular weight excluding hydrogens is 297 g/mol. The number of aromatic nitrogens is 1. The van der Waals surface area contributed by atoms with Crippen LogP contribution in [0.1, 0.15) is 15.9 Å². The van der Waals surface area contributed by atoms with Crippen LogP contribution in [0.2, 0.25) is 10.0 Å². The van der Waals surface area contributed by atoms with Gasteiger partial charge in [-0.15, -0.1) is 0 Å². The highest BCUT2D eigenvalue weighted by Crippen LogP contribution is 2.22. The number of halogens is 2. The highest BCUT2D eigenvalue weighted by Gasteiger charge is 2.16. The molecule has 20 heavy (non-hydrogen) atoms. The summed E-state index contributed by atoms with van der Waals surface area (Å²) in [5.74, 6) is -0.198. The highest BCUT2D eigenvalue weighted by molar-refractivity contribution is 6.33. The Morgan fingerprint density at radius 1 is 1.30 bits per heavy atom. The lowest BCUT2D eigenvalue weighted by Gasteiger charge is -2.18. The van der Waals surface area contributed by atoms with Crippen LogP contribution in [0.25, 0.3) is 0 Å². The number of hydrogen-bond donors (Lipinski definition) is 1. The summed E-state index contributed by atoms with van der Waals surface area (Å²) in [5, 5.41) is 0.891. The molecule has 2 N–H and O–H groups in total. The van der Waals surface area contributed by atoms with E-state index in [-0.39, 0.29) is 5.91 Å². The van der Waals surface area contributed by atoms with Crippen molar-refractivity contribution >= 4 is 34.8 Å². The minimum atomic E-state index is -0.198. The fourth-order valence-electron chi connectivity index (χ4n) is 1.80. The summed E-state index contributed by atoms with van der Waals surface area (Å²) in [5.41, 5.74) is 7.52. The van der Waals surface area contributed by atoms with Gasteiger partial charge in [-0.05, 0) is 29.8 Å².